The molecule has 0 spiro atoms. The number of carbonyl (C=O) groups is 1. The lowest BCUT2D eigenvalue weighted by Gasteiger charge is -2.26. The van der Waals surface area contributed by atoms with Gasteiger partial charge in [0.2, 0.25) is 0 Å². The summed E-state index contributed by atoms with van der Waals surface area (Å²) in [6.07, 6.45) is 2.55. The zero-order valence-electron chi connectivity index (χ0n) is 11.1. The van der Waals surface area contributed by atoms with Crippen LogP contribution in [0.4, 0.5) is 0 Å². The number of aryl methyl sites for hydroxylation is 1. The Balaban J connectivity index is 2.05. The summed E-state index contributed by atoms with van der Waals surface area (Å²) >= 11 is 1.82. The van der Waals surface area contributed by atoms with Gasteiger partial charge in [-0.1, -0.05) is 0 Å². The minimum atomic E-state index is -0.338. The van der Waals surface area contributed by atoms with Crippen molar-refractivity contribution in [1.82, 2.24) is 9.88 Å². The van der Waals surface area contributed by atoms with Crippen molar-refractivity contribution in [2.75, 3.05) is 25.2 Å². The highest BCUT2D eigenvalue weighted by Gasteiger charge is 2.34. The standard InChI is InChI=1S/C13H18N2O3S/c1-15-6-3-4-10(12(15)17)11(16)14-8-13(18-2)5-7-19-9-13/h3-4,6H,5,7-9H2,1-2H3,(H,14,16). The number of hydrogen-bond donors (Lipinski definition) is 1. The van der Waals surface area contributed by atoms with E-state index in [9.17, 15) is 9.59 Å². The maximum atomic E-state index is 12.0. The Morgan fingerprint density at radius 3 is 3.05 bits per heavy atom. The predicted octanol–water partition coefficient (Wildman–Crippen LogP) is 0.637. The van der Waals surface area contributed by atoms with E-state index in [1.807, 2.05) is 11.8 Å². The average molecular weight is 282 g/mol. The molecule has 6 heteroatoms. The first-order chi connectivity index (χ1) is 9.08. The zero-order chi connectivity index (χ0) is 13.9. The van der Waals surface area contributed by atoms with Crippen LogP contribution in [0.1, 0.15) is 16.8 Å². The molecule has 5 nitrogen and oxygen atoms in total. The second kappa shape index (κ2) is 5.79. The average Bonchev–Trinajstić information content (AvgIpc) is 2.89. The Morgan fingerprint density at radius 2 is 2.42 bits per heavy atom. The molecule has 2 rings (SSSR count). The summed E-state index contributed by atoms with van der Waals surface area (Å²) in [6, 6.07) is 3.23. The first-order valence-corrected chi connectivity index (χ1v) is 7.30. The van der Waals surface area contributed by atoms with E-state index in [2.05, 4.69) is 5.32 Å². The van der Waals surface area contributed by atoms with Crippen LogP contribution >= 0.6 is 11.8 Å². The third kappa shape index (κ3) is 3.01. The van der Waals surface area contributed by atoms with Gasteiger partial charge in [0, 0.05) is 32.7 Å². The Kier molecular flexibility index (Phi) is 4.31. The van der Waals surface area contributed by atoms with Crippen molar-refractivity contribution in [1.29, 1.82) is 0 Å². The lowest BCUT2D eigenvalue weighted by molar-refractivity contribution is 0.0137. The van der Waals surface area contributed by atoms with Gasteiger partial charge in [-0.25, -0.2) is 0 Å². The van der Waals surface area contributed by atoms with Gasteiger partial charge in [0.25, 0.3) is 11.5 Å². The van der Waals surface area contributed by atoms with Crippen molar-refractivity contribution in [2.24, 2.45) is 7.05 Å². The lowest BCUT2D eigenvalue weighted by atomic mass is 10.0. The summed E-state index contributed by atoms with van der Waals surface area (Å²) in [5.41, 5.74) is -0.408. The fraction of sp³-hybridized carbons (Fsp3) is 0.538. The maximum Gasteiger partial charge on any atom is 0.263 e. The number of amides is 1. The van der Waals surface area contributed by atoms with Crippen molar-refractivity contribution >= 4 is 17.7 Å². The van der Waals surface area contributed by atoms with E-state index in [0.29, 0.717) is 6.54 Å². The van der Waals surface area contributed by atoms with Gasteiger partial charge in [0.15, 0.2) is 0 Å². The van der Waals surface area contributed by atoms with Crippen molar-refractivity contribution < 1.29 is 9.53 Å². The Labute approximate surface area is 116 Å². The number of aromatic nitrogens is 1. The minimum Gasteiger partial charge on any atom is -0.376 e. The van der Waals surface area contributed by atoms with Crippen LogP contribution in [0.15, 0.2) is 23.1 Å². The molecule has 0 bridgehead atoms. The normalized spacial score (nSPS) is 22.4. The van der Waals surface area contributed by atoms with Crippen molar-refractivity contribution in [3.05, 3.63) is 34.2 Å². The van der Waals surface area contributed by atoms with E-state index < -0.39 is 0 Å². The van der Waals surface area contributed by atoms with Gasteiger partial charge in [-0.15, -0.1) is 0 Å². The van der Waals surface area contributed by atoms with E-state index in [4.69, 9.17) is 4.74 Å². The zero-order valence-corrected chi connectivity index (χ0v) is 12.0. The molecule has 0 aromatic carbocycles. The quantitative estimate of drug-likeness (QED) is 0.880. The molecule has 1 amide bonds. The minimum absolute atomic E-state index is 0.168. The van der Waals surface area contributed by atoms with Crippen molar-refractivity contribution in [3.63, 3.8) is 0 Å². The van der Waals surface area contributed by atoms with Crippen LogP contribution < -0.4 is 10.9 Å². The Bertz CT molecular complexity index is 521. The predicted molar refractivity (Wildman–Crippen MR) is 75.7 cm³/mol. The van der Waals surface area contributed by atoms with Crippen LogP contribution in [0.5, 0.6) is 0 Å². The van der Waals surface area contributed by atoms with Crippen LogP contribution in [-0.4, -0.2) is 41.2 Å². The smallest absolute Gasteiger partial charge is 0.263 e. The summed E-state index contributed by atoms with van der Waals surface area (Å²) in [5, 5.41) is 2.81. The summed E-state index contributed by atoms with van der Waals surface area (Å²) < 4.78 is 6.92. The number of methoxy groups -OCH3 is 1. The lowest BCUT2D eigenvalue weighted by Crippen LogP contribution is -2.45. The van der Waals surface area contributed by atoms with Crippen LogP contribution in [0.25, 0.3) is 0 Å². The van der Waals surface area contributed by atoms with Crippen LogP contribution in [0, 0.1) is 0 Å². The highest BCUT2D eigenvalue weighted by atomic mass is 32.2. The molecule has 1 saturated heterocycles. The highest BCUT2D eigenvalue weighted by molar-refractivity contribution is 7.99. The molecule has 1 atom stereocenters. The van der Waals surface area contributed by atoms with E-state index in [1.54, 1.807) is 32.5 Å². The molecule has 1 N–H and O–H groups in total. The monoisotopic (exact) mass is 282 g/mol. The molecule has 1 aliphatic heterocycles. The fourth-order valence-corrected chi connectivity index (χ4v) is 3.46. The SMILES string of the molecule is COC1(CNC(=O)c2cccn(C)c2=O)CCSC1. The van der Waals surface area contributed by atoms with E-state index >= 15 is 0 Å². The topological polar surface area (TPSA) is 60.3 Å². The third-order valence-electron chi connectivity index (χ3n) is 3.44. The molecule has 19 heavy (non-hydrogen) atoms. The van der Waals surface area contributed by atoms with Crippen LogP contribution in [0.3, 0.4) is 0 Å². The highest BCUT2D eigenvalue weighted by Crippen LogP contribution is 2.30. The first kappa shape index (κ1) is 14.1. The number of nitrogens with one attached hydrogen (secondary N) is 1. The molecular formula is C13H18N2O3S. The molecule has 0 aliphatic carbocycles. The van der Waals surface area contributed by atoms with E-state index in [0.717, 1.165) is 17.9 Å². The van der Waals surface area contributed by atoms with Gasteiger partial charge >= 0.3 is 0 Å². The molecule has 0 radical (unpaired) electrons. The van der Waals surface area contributed by atoms with Gasteiger partial charge < -0.3 is 14.6 Å². The molecule has 1 unspecified atom stereocenters. The van der Waals surface area contributed by atoms with Crippen LogP contribution in [-0.2, 0) is 11.8 Å². The second-order valence-electron chi connectivity index (χ2n) is 4.71. The third-order valence-corrected chi connectivity index (χ3v) is 4.66. The first-order valence-electron chi connectivity index (χ1n) is 6.15. The number of nitrogens with zero attached hydrogens (tertiary/aromatic N) is 1. The maximum absolute atomic E-state index is 12.0. The summed E-state index contributed by atoms with van der Waals surface area (Å²) in [7, 11) is 3.29. The van der Waals surface area contributed by atoms with Gasteiger partial charge in [0.1, 0.15) is 5.56 Å². The largest absolute Gasteiger partial charge is 0.376 e. The summed E-state index contributed by atoms with van der Waals surface area (Å²) in [5.74, 6) is 1.57. The molecule has 0 saturated carbocycles. The fourth-order valence-electron chi connectivity index (χ4n) is 2.07. The van der Waals surface area contributed by atoms with Gasteiger partial charge in [0.05, 0.1) is 5.60 Å². The number of pyridine rings is 1. The van der Waals surface area contributed by atoms with Crippen molar-refractivity contribution in [3.8, 4) is 0 Å². The molecule has 1 aromatic rings. The van der Waals surface area contributed by atoms with E-state index in [1.165, 1.54) is 4.57 Å². The van der Waals surface area contributed by atoms with Crippen molar-refractivity contribution in [2.45, 2.75) is 12.0 Å². The Morgan fingerprint density at radius 1 is 1.63 bits per heavy atom. The molecule has 104 valence electrons. The van der Waals surface area contributed by atoms with Gasteiger partial charge in [-0.05, 0) is 24.3 Å². The molecule has 1 fully saturated rings. The molecular weight excluding hydrogens is 264 g/mol. The number of thioether (sulfide) groups is 1. The molecule has 2 heterocycles. The van der Waals surface area contributed by atoms with Gasteiger partial charge in [-0.3, -0.25) is 9.59 Å². The molecule has 1 aromatic heterocycles. The number of rotatable bonds is 4. The number of hydrogen-bond acceptors (Lipinski definition) is 4. The van der Waals surface area contributed by atoms with E-state index in [-0.39, 0.29) is 22.6 Å². The van der Waals surface area contributed by atoms with Gasteiger partial charge in [-0.2, -0.15) is 11.8 Å². The summed E-state index contributed by atoms with van der Waals surface area (Å²) in [6.45, 7) is 0.438. The second-order valence-corrected chi connectivity index (χ2v) is 5.82. The summed E-state index contributed by atoms with van der Waals surface area (Å²) in [4.78, 5) is 23.9. The van der Waals surface area contributed by atoms with Crippen LogP contribution in [0.2, 0.25) is 0 Å². The number of carbonyl (C=O) groups excluding carboxylic acids is 1. The molecule has 1 aliphatic rings. The number of ether oxygens (including phenoxy) is 1. The Hall–Kier alpha value is -1.27.